The molecule has 2 N–H and O–H groups in total. The Morgan fingerprint density at radius 1 is 1.33 bits per heavy atom. The normalized spacial score (nSPS) is 25.4. The van der Waals surface area contributed by atoms with Gasteiger partial charge in [-0.05, 0) is 74.1 Å². The van der Waals surface area contributed by atoms with Crippen LogP contribution in [0.15, 0.2) is 35.9 Å². The van der Waals surface area contributed by atoms with Gasteiger partial charge in [0.2, 0.25) is 0 Å². The predicted molar refractivity (Wildman–Crippen MR) is 105 cm³/mol. The molecule has 0 aliphatic heterocycles. The maximum absolute atomic E-state index is 11.0. The molecule has 0 radical (unpaired) electrons. The molecule has 144 valence electrons. The molecule has 4 nitrogen and oxygen atoms in total. The molecule has 0 heterocycles. The average molecular weight is 368 g/mol. The highest BCUT2D eigenvalue weighted by Crippen LogP contribution is 2.47. The largest absolute Gasteiger partial charge is 0.489 e. The van der Waals surface area contributed by atoms with Crippen LogP contribution in [0.1, 0.15) is 63.4 Å². The lowest BCUT2D eigenvalue weighted by Gasteiger charge is -2.31. The number of ether oxygens (including phenoxy) is 1. The van der Waals surface area contributed by atoms with Crippen LogP contribution in [0.25, 0.3) is 0 Å². The summed E-state index contributed by atoms with van der Waals surface area (Å²) in [6.07, 6.45) is 8.47. The van der Waals surface area contributed by atoms with Crippen LogP contribution < -0.4 is 4.74 Å². The van der Waals surface area contributed by atoms with Crippen molar-refractivity contribution in [2.24, 2.45) is 5.41 Å². The first-order valence-corrected chi connectivity index (χ1v) is 9.75. The maximum Gasteiger partial charge on any atom is 0.304 e. The van der Waals surface area contributed by atoms with Gasteiger partial charge in [0, 0.05) is 0 Å². The van der Waals surface area contributed by atoms with Crippen LogP contribution in [0.3, 0.4) is 0 Å². The minimum Gasteiger partial charge on any atom is -0.489 e. The van der Waals surface area contributed by atoms with Crippen molar-refractivity contribution >= 4 is 5.97 Å². The van der Waals surface area contributed by atoms with Crippen molar-refractivity contribution in [1.82, 2.24) is 0 Å². The van der Waals surface area contributed by atoms with E-state index in [1.54, 1.807) is 6.92 Å². The van der Waals surface area contributed by atoms with E-state index in [1.807, 2.05) is 24.3 Å². The quantitative estimate of drug-likeness (QED) is 0.581. The Morgan fingerprint density at radius 2 is 2.11 bits per heavy atom. The molecule has 0 unspecified atom stereocenters. The molecule has 1 saturated carbocycles. The number of hydrogen-bond donors (Lipinski definition) is 2. The highest BCUT2D eigenvalue weighted by molar-refractivity contribution is 5.69. The van der Waals surface area contributed by atoms with Gasteiger partial charge in [0.25, 0.3) is 0 Å². The molecular formula is C23H28O4. The fourth-order valence-corrected chi connectivity index (χ4v) is 4.42. The first-order chi connectivity index (χ1) is 13.0. The number of carboxylic acids is 1. The van der Waals surface area contributed by atoms with Gasteiger partial charge >= 0.3 is 5.97 Å². The summed E-state index contributed by atoms with van der Waals surface area (Å²) in [7, 11) is 0. The smallest absolute Gasteiger partial charge is 0.304 e. The van der Waals surface area contributed by atoms with E-state index in [2.05, 4.69) is 17.9 Å². The Morgan fingerprint density at radius 3 is 2.74 bits per heavy atom. The molecule has 0 amide bonds. The fourth-order valence-electron chi connectivity index (χ4n) is 4.42. The van der Waals surface area contributed by atoms with Crippen molar-refractivity contribution in [2.75, 3.05) is 6.61 Å². The minimum absolute atomic E-state index is 0.00185. The number of aliphatic hydroxyl groups excluding tert-OH is 1. The van der Waals surface area contributed by atoms with Gasteiger partial charge in [0.1, 0.15) is 12.4 Å². The lowest BCUT2D eigenvalue weighted by Crippen LogP contribution is -2.21. The molecular weight excluding hydrogens is 340 g/mol. The molecule has 0 bridgehead atoms. The molecule has 2 aliphatic carbocycles. The first kappa shape index (κ1) is 19.5. The number of rotatable bonds is 6. The van der Waals surface area contributed by atoms with E-state index in [0.29, 0.717) is 6.61 Å². The number of carboxylic acid groups (broad SMARTS) is 1. The molecule has 1 spiro atoms. The molecule has 1 fully saturated rings. The molecule has 1 aromatic rings. The second kappa shape index (κ2) is 8.63. The molecule has 3 rings (SSSR count). The van der Waals surface area contributed by atoms with Crippen LogP contribution in [0.4, 0.5) is 0 Å². The molecule has 3 atom stereocenters. The zero-order valence-electron chi connectivity index (χ0n) is 15.9. The van der Waals surface area contributed by atoms with Crippen molar-refractivity contribution < 1.29 is 19.7 Å². The van der Waals surface area contributed by atoms with Gasteiger partial charge in [-0.2, -0.15) is 0 Å². The Hall–Kier alpha value is -2.25. The van der Waals surface area contributed by atoms with E-state index in [9.17, 15) is 9.90 Å². The van der Waals surface area contributed by atoms with Gasteiger partial charge in [0.05, 0.1) is 18.4 Å². The van der Waals surface area contributed by atoms with Crippen molar-refractivity contribution in [1.29, 1.82) is 0 Å². The van der Waals surface area contributed by atoms with Gasteiger partial charge in [-0.3, -0.25) is 4.79 Å². The van der Waals surface area contributed by atoms with E-state index in [-0.39, 0.29) is 23.9 Å². The Labute approximate surface area is 161 Å². The van der Waals surface area contributed by atoms with Crippen LogP contribution in [-0.4, -0.2) is 28.9 Å². The van der Waals surface area contributed by atoms with Gasteiger partial charge in [-0.1, -0.05) is 24.1 Å². The number of aliphatic hydroxyl groups is 1. The molecule has 2 aliphatic rings. The highest BCUT2D eigenvalue weighted by atomic mass is 16.5. The number of benzene rings is 1. The van der Waals surface area contributed by atoms with Crippen molar-refractivity contribution in [3.8, 4) is 17.6 Å². The van der Waals surface area contributed by atoms with E-state index in [4.69, 9.17) is 9.84 Å². The third-order valence-corrected chi connectivity index (χ3v) is 5.70. The minimum atomic E-state index is -0.849. The third-order valence-electron chi connectivity index (χ3n) is 5.70. The summed E-state index contributed by atoms with van der Waals surface area (Å²) < 4.78 is 5.97. The van der Waals surface area contributed by atoms with Crippen molar-refractivity contribution in [3.63, 3.8) is 0 Å². The third kappa shape index (κ3) is 5.14. The number of allylic oxidation sites excluding steroid dienone is 1. The lowest BCUT2D eigenvalue weighted by atomic mass is 9.75. The molecule has 0 aromatic heterocycles. The Kier molecular flexibility index (Phi) is 6.23. The van der Waals surface area contributed by atoms with E-state index >= 15 is 0 Å². The number of aliphatic carboxylic acids is 1. The Balaban J connectivity index is 1.61. The van der Waals surface area contributed by atoms with E-state index < -0.39 is 5.97 Å². The summed E-state index contributed by atoms with van der Waals surface area (Å²) in [6.45, 7) is 2.30. The van der Waals surface area contributed by atoms with Crippen molar-refractivity contribution in [2.45, 2.75) is 63.9 Å². The van der Waals surface area contributed by atoms with Crippen LogP contribution in [-0.2, 0) is 4.79 Å². The zero-order valence-corrected chi connectivity index (χ0v) is 15.9. The van der Waals surface area contributed by atoms with Crippen LogP contribution in [0.2, 0.25) is 0 Å². The predicted octanol–water partition coefficient (Wildman–Crippen LogP) is 4.29. The highest BCUT2D eigenvalue weighted by Gasteiger charge is 2.38. The maximum atomic E-state index is 11.0. The Bertz CT molecular complexity index is 753. The van der Waals surface area contributed by atoms with Gasteiger partial charge < -0.3 is 14.9 Å². The van der Waals surface area contributed by atoms with Crippen LogP contribution in [0.5, 0.6) is 5.75 Å². The van der Waals surface area contributed by atoms with Gasteiger partial charge in [-0.25, -0.2) is 0 Å². The lowest BCUT2D eigenvalue weighted by molar-refractivity contribution is -0.137. The second-order valence-corrected chi connectivity index (χ2v) is 7.82. The molecule has 1 aromatic carbocycles. The summed E-state index contributed by atoms with van der Waals surface area (Å²) in [4.78, 5) is 11.0. The monoisotopic (exact) mass is 368 g/mol. The summed E-state index contributed by atoms with van der Waals surface area (Å²) in [5.41, 5.74) is 2.40. The summed E-state index contributed by atoms with van der Waals surface area (Å²) >= 11 is 0. The summed E-state index contributed by atoms with van der Waals surface area (Å²) in [5.74, 6) is 5.41. The fraction of sp³-hybridized carbons (Fsp3) is 0.522. The number of carbonyl (C=O) groups is 1. The average Bonchev–Trinajstić information content (AvgIpc) is 2.99. The first-order valence-electron chi connectivity index (χ1n) is 9.75. The topological polar surface area (TPSA) is 66.8 Å². The van der Waals surface area contributed by atoms with E-state index in [1.165, 1.54) is 12.0 Å². The van der Waals surface area contributed by atoms with Crippen LogP contribution >= 0.6 is 0 Å². The van der Waals surface area contributed by atoms with Crippen LogP contribution in [0, 0.1) is 17.3 Å². The zero-order chi connectivity index (χ0) is 19.3. The van der Waals surface area contributed by atoms with E-state index in [0.717, 1.165) is 43.4 Å². The SMILES string of the molecule is CC#C[C@@H](CC(=O)O)c1ccc(OCC2=C[C@@]3(CCC2)CC[C@@H](O)C3)cc1. The summed E-state index contributed by atoms with van der Waals surface area (Å²) in [5, 5.41) is 18.9. The van der Waals surface area contributed by atoms with Gasteiger partial charge in [-0.15, -0.1) is 5.92 Å². The number of hydrogen-bond acceptors (Lipinski definition) is 3. The summed E-state index contributed by atoms with van der Waals surface area (Å²) in [6, 6.07) is 7.58. The van der Waals surface area contributed by atoms with Crippen molar-refractivity contribution in [3.05, 3.63) is 41.5 Å². The standard InChI is InChI=1S/C23H28O4/c1-2-4-19(13-22(25)26)18-6-8-21(9-7-18)27-16-17-5-3-11-23(14-17)12-10-20(24)15-23/h6-9,14,19-20,24H,3,5,10-13,15-16H2,1H3,(H,25,26)/t19-,20+,23+/m0/s1. The van der Waals surface area contributed by atoms with Gasteiger partial charge in [0.15, 0.2) is 0 Å². The molecule has 4 heteroatoms. The molecule has 27 heavy (non-hydrogen) atoms. The molecule has 0 saturated heterocycles. The second-order valence-electron chi connectivity index (χ2n) is 7.82.